The van der Waals surface area contributed by atoms with Gasteiger partial charge in [-0.15, -0.1) is 11.3 Å². The van der Waals surface area contributed by atoms with Crippen molar-refractivity contribution < 1.29 is 14.7 Å². The zero-order chi connectivity index (χ0) is 18.4. The minimum atomic E-state index is -1.09. The van der Waals surface area contributed by atoms with E-state index >= 15 is 0 Å². The van der Waals surface area contributed by atoms with E-state index in [9.17, 15) is 14.7 Å². The van der Waals surface area contributed by atoms with Crippen LogP contribution in [0.5, 0.6) is 0 Å². The zero-order valence-corrected chi connectivity index (χ0v) is 15.6. The molecule has 0 radical (unpaired) electrons. The molecule has 5 nitrogen and oxygen atoms in total. The Kier molecular flexibility index (Phi) is 4.31. The molecule has 2 bridgehead atoms. The molecule has 1 aromatic heterocycles. The van der Waals surface area contributed by atoms with Gasteiger partial charge in [0.15, 0.2) is 5.13 Å². The van der Waals surface area contributed by atoms with Crippen LogP contribution < -0.4 is 10.4 Å². The summed E-state index contributed by atoms with van der Waals surface area (Å²) < 4.78 is 0. The number of carbonyl (C=O) groups is 2. The summed E-state index contributed by atoms with van der Waals surface area (Å²) in [4.78, 5) is 28.8. The first kappa shape index (κ1) is 17.2. The van der Waals surface area contributed by atoms with Crippen molar-refractivity contribution >= 4 is 28.3 Å². The van der Waals surface area contributed by atoms with Crippen LogP contribution in [0.25, 0.3) is 11.3 Å². The monoisotopic (exact) mass is 369 g/mol. The number of carboxylic acid groups (broad SMARTS) is 1. The molecule has 1 aromatic carbocycles. The van der Waals surface area contributed by atoms with Crippen molar-refractivity contribution in [3.8, 4) is 11.3 Å². The molecule has 0 spiro atoms. The number of aromatic nitrogens is 1. The van der Waals surface area contributed by atoms with Crippen LogP contribution in [0, 0.1) is 37.5 Å². The predicted octanol–water partition coefficient (Wildman–Crippen LogP) is 2.78. The molecule has 2 fully saturated rings. The summed E-state index contributed by atoms with van der Waals surface area (Å²) in [6, 6.07) is 6.20. The average Bonchev–Trinajstić information content (AvgIpc) is 3.32. The highest BCUT2D eigenvalue weighted by Crippen LogP contribution is 2.52. The summed E-state index contributed by atoms with van der Waals surface area (Å²) in [5.74, 6) is -2.23. The molecule has 2 aromatic rings. The molecule has 0 saturated heterocycles. The number of fused-ring (bicyclic) bond motifs is 2. The summed E-state index contributed by atoms with van der Waals surface area (Å²) in [7, 11) is 0. The SMILES string of the molecule is Cc1ccc(C)c(-c2csc(NC(=O)[C@@H]3[C@H]4CC[C@@H](C4)[C@@H]3C(=O)[O-])n2)c1. The topological polar surface area (TPSA) is 82.1 Å². The summed E-state index contributed by atoms with van der Waals surface area (Å²) in [6.45, 7) is 4.07. The third kappa shape index (κ3) is 2.92. The second-order valence-electron chi connectivity index (χ2n) is 7.55. The highest BCUT2D eigenvalue weighted by atomic mass is 32.1. The van der Waals surface area contributed by atoms with Gasteiger partial charge in [-0.05, 0) is 56.6 Å². The maximum Gasteiger partial charge on any atom is 0.230 e. The number of benzene rings is 1. The Balaban J connectivity index is 1.53. The van der Waals surface area contributed by atoms with Crippen molar-refractivity contribution in [3.05, 3.63) is 34.7 Å². The van der Waals surface area contributed by atoms with Gasteiger partial charge in [0.2, 0.25) is 5.91 Å². The molecule has 0 unspecified atom stereocenters. The molecule has 4 atom stereocenters. The lowest BCUT2D eigenvalue weighted by Crippen LogP contribution is -2.43. The Bertz CT molecular complexity index is 876. The number of hydrogen-bond donors (Lipinski definition) is 1. The summed E-state index contributed by atoms with van der Waals surface area (Å²) in [6.07, 6.45) is 2.64. The fraction of sp³-hybridized carbons (Fsp3) is 0.450. The first-order valence-corrected chi connectivity index (χ1v) is 9.87. The van der Waals surface area contributed by atoms with Gasteiger partial charge in [-0.25, -0.2) is 4.98 Å². The largest absolute Gasteiger partial charge is 0.550 e. The van der Waals surface area contributed by atoms with Crippen LogP contribution in [0.3, 0.4) is 0 Å². The molecule has 4 rings (SSSR count). The Morgan fingerprint density at radius 2 is 1.92 bits per heavy atom. The number of hydrogen-bond acceptors (Lipinski definition) is 5. The molecule has 0 aliphatic heterocycles. The van der Waals surface area contributed by atoms with E-state index in [4.69, 9.17) is 0 Å². The molecule has 2 aliphatic rings. The lowest BCUT2D eigenvalue weighted by molar-refractivity contribution is -0.314. The van der Waals surface area contributed by atoms with E-state index in [1.54, 1.807) is 0 Å². The van der Waals surface area contributed by atoms with Gasteiger partial charge in [-0.2, -0.15) is 0 Å². The van der Waals surface area contributed by atoms with Gasteiger partial charge < -0.3 is 15.2 Å². The molecule has 2 aliphatic carbocycles. The van der Waals surface area contributed by atoms with Crippen LogP contribution in [-0.4, -0.2) is 16.9 Å². The second-order valence-corrected chi connectivity index (χ2v) is 8.41. The first-order valence-electron chi connectivity index (χ1n) is 8.99. The maximum atomic E-state index is 12.8. The second kappa shape index (κ2) is 6.50. The van der Waals surface area contributed by atoms with Gasteiger partial charge in [0, 0.05) is 28.7 Å². The van der Waals surface area contributed by atoms with Crippen LogP contribution in [0.1, 0.15) is 30.4 Å². The number of carboxylic acids is 1. The van der Waals surface area contributed by atoms with E-state index in [-0.39, 0.29) is 17.7 Å². The summed E-state index contributed by atoms with van der Waals surface area (Å²) >= 11 is 1.37. The van der Waals surface area contributed by atoms with Gasteiger partial charge in [0.05, 0.1) is 5.69 Å². The predicted molar refractivity (Wildman–Crippen MR) is 98.5 cm³/mol. The highest BCUT2D eigenvalue weighted by Gasteiger charge is 2.51. The van der Waals surface area contributed by atoms with Crippen molar-refractivity contribution in [3.63, 3.8) is 0 Å². The molecule has 26 heavy (non-hydrogen) atoms. The Morgan fingerprint density at radius 1 is 1.19 bits per heavy atom. The number of rotatable bonds is 4. The molecule has 1 N–H and O–H groups in total. The zero-order valence-electron chi connectivity index (χ0n) is 14.8. The average molecular weight is 369 g/mol. The van der Waals surface area contributed by atoms with E-state index in [0.717, 1.165) is 41.6 Å². The van der Waals surface area contributed by atoms with Crippen molar-refractivity contribution in [2.75, 3.05) is 5.32 Å². The fourth-order valence-electron chi connectivity index (χ4n) is 4.66. The number of aliphatic carboxylic acids is 1. The van der Waals surface area contributed by atoms with Gasteiger partial charge >= 0.3 is 0 Å². The number of nitrogens with zero attached hydrogens (tertiary/aromatic N) is 1. The summed E-state index contributed by atoms with van der Waals surface area (Å²) in [5, 5.41) is 16.8. The molecular weight excluding hydrogens is 348 g/mol. The number of thiazole rings is 1. The van der Waals surface area contributed by atoms with Gasteiger partial charge in [0.25, 0.3) is 0 Å². The fourth-order valence-corrected chi connectivity index (χ4v) is 5.38. The Hall–Kier alpha value is -2.21. The van der Waals surface area contributed by atoms with Crippen molar-refractivity contribution in [1.82, 2.24) is 4.98 Å². The first-order chi connectivity index (χ1) is 12.4. The minimum Gasteiger partial charge on any atom is -0.550 e. The molecule has 1 amide bonds. The van der Waals surface area contributed by atoms with Crippen LogP contribution in [0.2, 0.25) is 0 Å². The van der Waals surface area contributed by atoms with E-state index in [2.05, 4.69) is 28.5 Å². The van der Waals surface area contributed by atoms with Crippen LogP contribution >= 0.6 is 11.3 Å². The van der Waals surface area contributed by atoms with Gasteiger partial charge in [-0.3, -0.25) is 4.79 Å². The maximum absolute atomic E-state index is 12.8. The summed E-state index contributed by atoms with van der Waals surface area (Å²) in [5.41, 5.74) is 4.16. The molecule has 136 valence electrons. The van der Waals surface area contributed by atoms with Crippen LogP contribution in [-0.2, 0) is 9.59 Å². The van der Waals surface area contributed by atoms with Crippen LogP contribution in [0.4, 0.5) is 5.13 Å². The van der Waals surface area contributed by atoms with Gasteiger partial charge in [0.1, 0.15) is 0 Å². The lowest BCUT2D eigenvalue weighted by atomic mass is 9.79. The van der Waals surface area contributed by atoms with Gasteiger partial charge in [-0.1, -0.05) is 17.7 Å². The standard InChI is InChI=1S/C20H22N2O3S/c1-10-3-4-11(2)14(7-10)15-9-26-20(21-15)22-18(23)16-12-5-6-13(8-12)17(16)19(24)25/h3-4,7,9,12-13,16-17H,5-6,8H2,1-2H3,(H,24,25)(H,21,22,23)/p-1/t12-,13-,16+,17-/m0/s1. The van der Waals surface area contributed by atoms with Crippen LogP contribution in [0.15, 0.2) is 23.6 Å². The Labute approximate surface area is 156 Å². The number of carbonyl (C=O) groups excluding carboxylic acids is 2. The van der Waals surface area contributed by atoms with Crippen molar-refractivity contribution in [1.29, 1.82) is 0 Å². The molecule has 1 heterocycles. The molecule has 2 saturated carbocycles. The molecule has 6 heteroatoms. The van der Waals surface area contributed by atoms with Crippen molar-refractivity contribution in [2.24, 2.45) is 23.7 Å². The number of aryl methyl sites for hydroxylation is 2. The normalized spacial score (nSPS) is 26.8. The van der Waals surface area contributed by atoms with Crippen molar-refractivity contribution in [2.45, 2.75) is 33.1 Å². The molecular formula is C20H21N2O3S-. The van der Waals surface area contributed by atoms with E-state index < -0.39 is 17.8 Å². The Morgan fingerprint density at radius 3 is 2.65 bits per heavy atom. The third-order valence-electron chi connectivity index (χ3n) is 5.89. The quantitative estimate of drug-likeness (QED) is 0.898. The minimum absolute atomic E-state index is 0.0857. The lowest BCUT2D eigenvalue weighted by Gasteiger charge is -2.30. The smallest absolute Gasteiger partial charge is 0.230 e. The van der Waals surface area contributed by atoms with E-state index in [1.165, 1.54) is 11.3 Å². The van der Waals surface area contributed by atoms with E-state index in [1.807, 2.05) is 19.2 Å². The number of anilines is 1. The van der Waals surface area contributed by atoms with E-state index in [0.29, 0.717) is 5.13 Å². The number of nitrogens with one attached hydrogen (secondary N) is 1. The third-order valence-corrected chi connectivity index (χ3v) is 6.65. The number of amides is 1. The highest BCUT2D eigenvalue weighted by molar-refractivity contribution is 7.14.